The van der Waals surface area contributed by atoms with Crippen molar-refractivity contribution in [1.29, 1.82) is 0 Å². The van der Waals surface area contributed by atoms with E-state index in [4.69, 9.17) is 4.42 Å². The standard InChI is InChI=1S/C5H8N2OS.H2/c1-3(2)4-6-7-5(9)8-4;/h3H,1-2H3,(H,7,9);1H. The van der Waals surface area contributed by atoms with Gasteiger partial charge in [-0.2, -0.15) is 0 Å². The second-order valence-electron chi connectivity index (χ2n) is 2.11. The number of hydrogen-bond donors (Lipinski definition) is 1. The summed E-state index contributed by atoms with van der Waals surface area (Å²) in [5.41, 5.74) is 0. The van der Waals surface area contributed by atoms with E-state index in [1.165, 1.54) is 0 Å². The minimum absolute atomic E-state index is 0. The zero-order valence-corrected chi connectivity index (χ0v) is 6.16. The molecule has 0 unspecified atom stereocenters. The molecular formula is C5H10N2OS. The Balaban J connectivity index is 0.000000810. The summed E-state index contributed by atoms with van der Waals surface area (Å²) in [7, 11) is 0. The van der Waals surface area contributed by atoms with Crippen LogP contribution < -0.4 is 0 Å². The van der Waals surface area contributed by atoms with Gasteiger partial charge < -0.3 is 4.42 Å². The molecule has 0 saturated carbocycles. The fraction of sp³-hybridized carbons (Fsp3) is 0.600. The normalized spacial score (nSPS) is 10.6. The van der Waals surface area contributed by atoms with Crippen LogP contribution in [0.2, 0.25) is 0 Å². The smallest absolute Gasteiger partial charge is 0.284 e. The SMILES string of the molecule is CC(C)c1n[nH]c(=S)o1.[HH]. The first-order chi connectivity index (χ1) is 4.20. The molecule has 0 amide bonds. The first kappa shape index (κ1) is 6.48. The number of nitrogens with zero attached hydrogens (tertiary/aromatic N) is 1. The van der Waals surface area contributed by atoms with Gasteiger partial charge in [0.15, 0.2) is 0 Å². The van der Waals surface area contributed by atoms with Crippen molar-refractivity contribution in [2.24, 2.45) is 0 Å². The van der Waals surface area contributed by atoms with Crippen molar-refractivity contribution in [3.05, 3.63) is 10.7 Å². The molecular weight excluding hydrogens is 136 g/mol. The summed E-state index contributed by atoms with van der Waals surface area (Å²) in [6.45, 7) is 3.99. The molecule has 52 valence electrons. The van der Waals surface area contributed by atoms with Gasteiger partial charge in [-0.3, -0.25) is 0 Å². The van der Waals surface area contributed by atoms with Gasteiger partial charge >= 0.3 is 0 Å². The predicted octanol–water partition coefficient (Wildman–Crippen LogP) is 2.10. The van der Waals surface area contributed by atoms with E-state index in [1.807, 2.05) is 13.8 Å². The topological polar surface area (TPSA) is 41.8 Å². The van der Waals surface area contributed by atoms with Gasteiger partial charge in [0.25, 0.3) is 4.84 Å². The second-order valence-corrected chi connectivity index (χ2v) is 2.48. The summed E-state index contributed by atoms with van der Waals surface area (Å²) >= 11 is 4.67. The van der Waals surface area contributed by atoms with Crippen molar-refractivity contribution >= 4 is 12.2 Å². The van der Waals surface area contributed by atoms with Crippen LogP contribution in [-0.4, -0.2) is 10.2 Å². The summed E-state index contributed by atoms with van der Waals surface area (Å²) in [6.07, 6.45) is 0. The molecule has 0 saturated heterocycles. The Labute approximate surface area is 59.6 Å². The van der Waals surface area contributed by atoms with E-state index in [2.05, 4.69) is 22.4 Å². The molecule has 0 atom stereocenters. The van der Waals surface area contributed by atoms with Crippen LogP contribution in [0.3, 0.4) is 0 Å². The van der Waals surface area contributed by atoms with E-state index in [1.54, 1.807) is 0 Å². The minimum Gasteiger partial charge on any atom is -0.414 e. The Morgan fingerprint density at radius 1 is 1.78 bits per heavy atom. The van der Waals surface area contributed by atoms with Crippen LogP contribution in [0.5, 0.6) is 0 Å². The van der Waals surface area contributed by atoms with Gasteiger partial charge in [-0.25, -0.2) is 5.10 Å². The molecule has 0 aromatic carbocycles. The third-order valence-electron chi connectivity index (χ3n) is 0.949. The van der Waals surface area contributed by atoms with E-state index >= 15 is 0 Å². The van der Waals surface area contributed by atoms with Crippen molar-refractivity contribution in [3.63, 3.8) is 0 Å². The molecule has 0 bridgehead atoms. The van der Waals surface area contributed by atoms with E-state index in [0.29, 0.717) is 16.6 Å². The van der Waals surface area contributed by atoms with E-state index in [-0.39, 0.29) is 1.43 Å². The highest BCUT2D eigenvalue weighted by atomic mass is 32.1. The van der Waals surface area contributed by atoms with Crippen LogP contribution in [0.1, 0.15) is 27.1 Å². The number of rotatable bonds is 1. The van der Waals surface area contributed by atoms with Crippen LogP contribution in [0.4, 0.5) is 0 Å². The number of H-pyrrole nitrogens is 1. The maximum atomic E-state index is 4.99. The van der Waals surface area contributed by atoms with Crippen molar-refractivity contribution < 1.29 is 5.84 Å². The summed E-state index contributed by atoms with van der Waals surface area (Å²) in [5.74, 6) is 0.970. The molecule has 0 fully saturated rings. The van der Waals surface area contributed by atoms with Gasteiger partial charge in [-0.15, -0.1) is 5.10 Å². The Kier molecular flexibility index (Phi) is 1.66. The third kappa shape index (κ3) is 1.38. The van der Waals surface area contributed by atoms with Gasteiger partial charge in [-0.05, 0) is 12.2 Å². The van der Waals surface area contributed by atoms with Crippen molar-refractivity contribution in [1.82, 2.24) is 10.2 Å². The van der Waals surface area contributed by atoms with Gasteiger partial charge in [0.1, 0.15) is 0 Å². The Morgan fingerprint density at radius 3 is 2.67 bits per heavy atom. The lowest BCUT2D eigenvalue weighted by molar-refractivity contribution is 0.459. The van der Waals surface area contributed by atoms with E-state index in [9.17, 15) is 0 Å². The number of aromatic amines is 1. The highest BCUT2D eigenvalue weighted by Gasteiger charge is 2.02. The quantitative estimate of drug-likeness (QED) is 0.617. The van der Waals surface area contributed by atoms with Gasteiger partial charge in [0.2, 0.25) is 5.89 Å². The summed E-state index contributed by atoms with van der Waals surface area (Å²) in [4.78, 5) is 0.346. The highest BCUT2D eigenvalue weighted by molar-refractivity contribution is 7.71. The lowest BCUT2D eigenvalue weighted by atomic mass is 10.2. The Hall–Kier alpha value is -0.640. The molecule has 9 heavy (non-hydrogen) atoms. The monoisotopic (exact) mass is 146 g/mol. The molecule has 1 aromatic heterocycles. The van der Waals surface area contributed by atoms with E-state index in [0.717, 1.165) is 0 Å². The molecule has 3 nitrogen and oxygen atoms in total. The Morgan fingerprint density at radius 2 is 2.44 bits per heavy atom. The molecule has 0 aliphatic rings. The molecule has 0 aliphatic heterocycles. The summed E-state index contributed by atoms with van der Waals surface area (Å²) in [6, 6.07) is 0. The average Bonchev–Trinajstić information content (AvgIpc) is 2.14. The highest BCUT2D eigenvalue weighted by Crippen LogP contribution is 2.08. The first-order valence-electron chi connectivity index (χ1n) is 2.75. The van der Waals surface area contributed by atoms with Crippen molar-refractivity contribution in [2.75, 3.05) is 0 Å². The van der Waals surface area contributed by atoms with Crippen LogP contribution in [0.15, 0.2) is 4.42 Å². The molecule has 1 heterocycles. The number of aromatic nitrogens is 2. The van der Waals surface area contributed by atoms with E-state index < -0.39 is 0 Å². The van der Waals surface area contributed by atoms with Gasteiger partial charge in [0.05, 0.1) is 0 Å². The second kappa shape index (κ2) is 2.31. The lowest BCUT2D eigenvalue weighted by Gasteiger charge is -1.91. The zero-order valence-electron chi connectivity index (χ0n) is 5.34. The molecule has 0 aliphatic carbocycles. The van der Waals surface area contributed by atoms with Gasteiger partial charge in [0, 0.05) is 7.34 Å². The fourth-order valence-corrected chi connectivity index (χ4v) is 0.619. The Bertz CT molecular complexity index is 242. The predicted molar refractivity (Wildman–Crippen MR) is 37.9 cm³/mol. The first-order valence-corrected chi connectivity index (χ1v) is 3.16. The molecule has 1 N–H and O–H groups in total. The number of nitrogens with one attached hydrogen (secondary N) is 1. The molecule has 0 spiro atoms. The zero-order chi connectivity index (χ0) is 6.85. The van der Waals surface area contributed by atoms with Crippen molar-refractivity contribution in [2.45, 2.75) is 19.8 Å². The molecule has 0 radical (unpaired) electrons. The van der Waals surface area contributed by atoms with Crippen LogP contribution in [-0.2, 0) is 0 Å². The molecule has 1 rings (SSSR count). The lowest BCUT2D eigenvalue weighted by Crippen LogP contribution is -1.85. The largest absolute Gasteiger partial charge is 0.414 e. The van der Waals surface area contributed by atoms with Gasteiger partial charge in [-0.1, -0.05) is 13.8 Å². The average molecular weight is 146 g/mol. The van der Waals surface area contributed by atoms with Crippen molar-refractivity contribution in [3.8, 4) is 0 Å². The number of hydrogen-bond acceptors (Lipinski definition) is 3. The maximum absolute atomic E-state index is 4.99. The van der Waals surface area contributed by atoms with Crippen LogP contribution in [0.25, 0.3) is 0 Å². The van der Waals surface area contributed by atoms with Crippen LogP contribution in [0, 0.1) is 4.84 Å². The fourth-order valence-electron chi connectivity index (χ4n) is 0.488. The summed E-state index contributed by atoms with van der Waals surface area (Å²) in [5, 5.41) is 6.37. The van der Waals surface area contributed by atoms with Crippen LogP contribution >= 0.6 is 12.2 Å². The molecule has 4 heteroatoms. The minimum atomic E-state index is 0. The summed E-state index contributed by atoms with van der Waals surface area (Å²) < 4.78 is 4.99. The maximum Gasteiger partial charge on any atom is 0.284 e. The third-order valence-corrected chi connectivity index (χ3v) is 1.12. The molecule has 1 aromatic rings.